The van der Waals surface area contributed by atoms with E-state index in [2.05, 4.69) is 54.9 Å². The van der Waals surface area contributed by atoms with Gasteiger partial charge < -0.3 is 10.6 Å². The number of allylic oxidation sites excluding steroid dienone is 1. The van der Waals surface area contributed by atoms with Gasteiger partial charge >= 0.3 is 0 Å². The van der Waals surface area contributed by atoms with Crippen molar-refractivity contribution in [3.63, 3.8) is 0 Å². The van der Waals surface area contributed by atoms with Crippen molar-refractivity contribution in [2.75, 3.05) is 32.8 Å². The van der Waals surface area contributed by atoms with Crippen molar-refractivity contribution >= 4 is 12.6 Å². The molecule has 6 heteroatoms. The topological polar surface area (TPSA) is 52.0 Å². The number of rotatable bonds is 11. The fourth-order valence-electron chi connectivity index (χ4n) is 3.70. The fourth-order valence-corrected chi connectivity index (χ4v) is 3.70. The number of nitrogens with zero attached hydrogens (tertiary/aromatic N) is 3. The molecule has 0 bridgehead atoms. The highest BCUT2D eigenvalue weighted by molar-refractivity contribution is 5.99. The van der Waals surface area contributed by atoms with E-state index in [-0.39, 0.29) is 0 Å². The smallest absolute Gasteiger partial charge is 0.130 e. The quantitative estimate of drug-likeness (QED) is 0.324. The van der Waals surface area contributed by atoms with E-state index in [1.165, 1.54) is 26.1 Å². The highest BCUT2D eigenvalue weighted by Gasteiger charge is 2.18. The molecule has 5 nitrogen and oxygen atoms in total. The van der Waals surface area contributed by atoms with Crippen molar-refractivity contribution in [2.45, 2.75) is 79.4 Å². The van der Waals surface area contributed by atoms with Crippen LogP contribution in [0.15, 0.2) is 45.5 Å². The van der Waals surface area contributed by atoms with E-state index in [1.54, 1.807) is 13.8 Å². The molecule has 0 spiro atoms. The van der Waals surface area contributed by atoms with Crippen LogP contribution in [0.3, 0.4) is 0 Å². The summed E-state index contributed by atoms with van der Waals surface area (Å²) >= 11 is 0. The van der Waals surface area contributed by atoms with Gasteiger partial charge in [-0.25, -0.2) is 4.39 Å². The van der Waals surface area contributed by atoms with Crippen LogP contribution in [0.4, 0.5) is 4.39 Å². The van der Waals surface area contributed by atoms with Crippen LogP contribution >= 0.6 is 0 Å². The van der Waals surface area contributed by atoms with Gasteiger partial charge in [-0.05, 0) is 63.9 Å². The third-order valence-corrected chi connectivity index (χ3v) is 5.57. The molecule has 0 amide bonds. The lowest BCUT2D eigenvalue weighted by molar-refractivity contribution is 0.221. The van der Waals surface area contributed by atoms with E-state index >= 15 is 0 Å². The van der Waals surface area contributed by atoms with Gasteiger partial charge in [0.25, 0.3) is 0 Å². The number of nitrogens with one attached hydrogen (secondary N) is 2. The summed E-state index contributed by atoms with van der Waals surface area (Å²) in [6.45, 7) is 21.5. The maximum atomic E-state index is 14.2. The molecule has 1 saturated heterocycles. The Morgan fingerprint density at radius 3 is 2.45 bits per heavy atom. The summed E-state index contributed by atoms with van der Waals surface area (Å²) in [5.74, 6) is 0.874. The van der Waals surface area contributed by atoms with Crippen LogP contribution in [0.1, 0.15) is 78.4 Å². The standard InChI is InChI=1S/C21H32FN3.C6H14N2/c1-7-13-24-20(18(8-2)19(9-3)23-6)25-15-16-11-10-12-17(14-16)21(4,5)22;1-2-4-8-5-3-7-6-8/h10-12,14H,6-9,13,15H2,1-5H3,(H,24,25);7H,2-6H2,1H3/b19-18-;. The average molecular weight is 460 g/mol. The van der Waals surface area contributed by atoms with Crippen LogP contribution in [0.2, 0.25) is 0 Å². The molecular weight excluding hydrogens is 413 g/mol. The molecule has 0 saturated carbocycles. The summed E-state index contributed by atoms with van der Waals surface area (Å²) in [5.41, 5.74) is 2.41. The first-order chi connectivity index (χ1) is 15.8. The molecule has 1 aromatic carbocycles. The van der Waals surface area contributed by atoms with E-state index in [9.17, 15) is 4.39 Å². The maximum absolute atomic E-state index is 14.2. The van der Waals surface area contributed by atoms with Gasteiger partial charge in [0.05, 0.1) is 6.54 Å². The lowest BCUT2D eigenvalue weighted by atomic mass is 9.98. The molecule has 1 heterocycles. The lowest BCUT2D eigenvalue weighted by Gasteiger charge is -2.16. The van der Waals surface area contributed by atoms with Gasteiger partial charge in [0, 0.05) is 37.6 Å². The second kappa shape index (κ2) is 15.7. The van der Waals surface area contributed by atoms with Crippen LogP contribution in [0.5, 0.6) is 0 Å². The molecule has 1 fully saturated rings. The molecule has 0 unspecified atom stereocenters. The molecule has 0 aliphatic carbocycles. The highest BCUT2D eigenvalue weighted by Crippen LogP contribution is 2.25. The van der Waals surface area contributed by atoms with Crippen molar-refractivity contribution in [3.05, 3.63) is 46.7 Å². The molecule has 0 aromatic heterocycles. The Labute approximate surface area is 201 Å². The van der Waals surface area contributed by atoms with E-state index in [0.717, 1.165) is 55.1 Å². The minimum Gasteiger partial charge on any atom is -0.370 e. The van der Waals surface area contributed by atoms with E-state index in [0.29, 0.717) is 12.1 Å². The number of benzene rings is 1. The van der Waals surface area contributed by atoms with Gasteiger partial charge in [-0.15, -0.1) is 0 Å². The third-order valence-electron chi connectivity index (χ3n) is 5.57. The summed E-state index contributed by atoms with van der Waals surface area (Å²) in [5, 5.41) is 6.70. The zero-order valence-electron chi connectivity index (χ0n) is 21.8. The summed E-state index contributed by atoms with van der Waals surface area (Å²) in [4.78, 5) is 11.4. The van der Waals surface area contributed by atoms with Gasteiger partial charge in [0.2, 0.25) is 0 Å². The van der Waals surface area contributed by atoms with Gasteiger partial charge in [-0.3, -0.25) is 14.9 Å². The van der Waals surface area contributed by atoms with Crippen LogP contribution in [0, 0.1) is 0 Å². The Balaban J connectivity index is 0.000000568. The monoisotopic (exact) mass is 459 g/mol. The minimum atomic E-state index is -1.35. The van der Waals surface area contributed by atoms with E-state index in [1.807, 2.05) is 24.3 Å². The number of halogens is 1. The third kappa shape index (κ3) is 10.6. The largest absolute Gasteiger partial charge is 0.370 e. The number of alkyl halides is 1. The fraction of sp³-hybridized carbons (Fsp3) is 0.630. The minimum absolute atomic E-state index is 0.508. The first-order valence-electron chi connectivity index (χ1n) is 12.5. The number of hydrogen-bond acceptors (Lipinski definition) is 4. The Morgan fingerprint density at radius 1 is 1.18 bits per heavy atom. The van der Waals surface area contributed by atoms with Crippen molar-refractivity contribution in [2.24, 2.45) is 9.98 Å². The molecule has 186 valence electrons. The van der Waals surface area contributed by atoms with Crippen molar-refractivity contribution in [3.8, 4) is 0 Å². The van der Waals surface area contributed by atoms with Crippen LogP contribution in [0.25, 0.3) is 0 Å². The number of amidine groups is 1. The lowest BCUT2D eigenvalue weighted by Crippen LogP contribution is -2.27. The van der Waals surface area contributed by atoms with Gasteiger partial charge in [-0.1, -0.05) is 52.0 Å². The van der Waals surface area contributed by atoms with Crippen molar-refractivity contribution < 1.29 is 4.39 Å². The first-order valence-corrected chi connectivity index (χ1v) is 12.5. The van der Waals surface area contributed by atoms with Crippen LogP contribution in [-0.4, -0.2) is 50.3 Å². The highest BCUT2D eigenvalue weighted by atomic mass is 19.1. The predicted octanol–water partition coefficient (Wildman–Crippen LogP) is 5.82. The Hall–Kier alpha value is -2.05. The molecule has 2 rings (SSSR count). The van der Waals surface area contributed by atoms with Crippen molar-refractivity contribution in [1.29, 1.82) is 0 Å². The second-order valence-corrected chi connectivity index (χ2v) is 8.83. The maximum Gasteiger partial charge on any atom is 0.130 e. The molecule has 33 heavy (non-hydrogen) atoms. The van der Waals surface area contributed by atoms with Gasteiger partial charge in [0.1, 0.15) is 11.5 Å². The SMILES string of the molecule is C=N/C(CC)=C(/CC)C(=NCc1cccc(C(C)(C)F)c1)NCCC.CCCN1CCNC1. The molecule has 0 radical (unpaired) electrons. The summed E-state index contributed by atoms with van der Waals surface area (Å²) < 4.78 is 14.2. The number of hydrogen-bond donors (Lipinski definition) is 2. The Morgan fingerprint density at radius 2 is 1.94 bits per heavy atom. The molecule has 1 aromatic rings. The first kappa shape index (κ1) is 29.0. The molecule has 1 aliphatic rings. The van der Waals surface area contributed by atoms with E-state index in [4.69, 9.17) is 4.99 Å². The zero-order valence-corrected chi connectivity index (χ0v) is 21.8. The van der Waals surface area contributed by atoms with Gasteiger partial charge in [0.15, 0.2) is 0 Å². The zero-order chi connectivity index (χ0) is 24.7. The molecule has 2 N–H and O–H groups in total. The van der Waals surface area contributed by atoms with Crippen molar-refractivity contribution in [1.82, 2.24) is 15.5 Å². The molecule has 0 atom stereocenters. The predicted molar refractivity (Wildman–Crippen MR) is 142 cm³/mol. The van der Waals surface area contributed by atoms with E-state index < -0.39 is 5.67 Å². The van der Waals surface area contributed by atoms with Crippen LogP contribution in [-0.2, 0) is 12.2 Å². The van der Waals surface area contributed by atoms with Gasteiger partial charge in [-0.2, -0.15) is 0 Å². The summed E-state index contributed by atoms with van der Waals surface area (Å²) in [7, 11) is 0. The Bertz CT molecular complexity index is 758. The summed E-state index contributed by atoms with van der Waals surface area (Å²) in [6.07, 6.45) is 3.96. The second-order valence-electron chi connectivity index (χ2n) is 8.83. The van der Waals surface area contributed by atoms with Crippen LogP contribution < -0.4 is 10.6 Å². The molecule has 1 aliphatic heterocycles. The Kier molecular flexibility index (Phi) is 13.8. The molecular formula is C27H46FN5. The number of aliphatic imine (C=N–C) groups is 2. The normalized spacial score (nSPS) is 15.5. The summed E-state index contributed by atoms with van der Waals surface area (Å²) in [6, 6.07) is 7.58. The average Bonchev–Trinajstić information content (AvgIpc) is 3.32.